The van der Waals surface area contributed by atoms with E-state index in [9.17, 15) is 4.79 Å². The molecule has 4 aromatic rings. The standard InChI is InChI=1S/C26H25N5O/c1-31-24-22(23(27)30-31)20(15-21(29-24)17-7-8-17)16-9-11-19(12-10-16)28-25(32)26(13-14-26)18-5-3-2-4-6-18/h2-6,9-12,15,17H,7-8,13-14H2,1H3,(H2,27,30)(H,28,32). The normalized spacial score (nSPS) is 16.8. The van der Waals surface area contributed by atoms with Crippen LogP contribution in [0.2, 0.25) is 0 Å². The third kappa shape index (κ3) is 3.06. The number of aryl methyl sites for hydroxylation is 1. The molecule has 6 rings (SSSR count). The molecule has 2 aromatic heterocycles. The molecular formula is C26H25N5O. The first-order valence-corrected chi connectivity index (χ1v) is 11.2. The Balaban J connectivity index is 1.31. The minimum Gasteiger partial charge on any atom is -0.382 e. The van der Waals surface area contributed by atoms with E-state index in [4.69, 9.17) is 10.7 Å². The summed E-state index contributed by atoms with van der Waals surface area (Å²) < 4.78 is 1.76. The molecule has 0 bridgehead atoms. The zero-order chi connectivity index (χ0) is 21.9. The number of nitrogens with two attached hydrogens (primary N) is 1. The number of carbonyl (C=O) groups excluding carboxylic acids is 1. The van der Waals surface area contributed by atoms with Crippen molar-refractivity contribution >= 4 is 28.4 Å². The summed E-state index contributed by atoms with van der Waals surface area (Å²) in [6, 6.07) is 20.2. The highest BCUT2D eigenvalue weighted by Gasteiger charge is 2.51. The third-order valence-corrected chi connectivity index (χ3v) is 6.80. The molecule has 2 saturated carbocycles. The van der Waals surface area contributed by atoms with Crippen LogP contribution >= 0.6 is 0 Å². The Hall–Kier alpha value is -3.67. The minimum atomic E-state index is -0.388. The number of nitrogen functional groups attached to an aromatic ring is 1. The van der Waals surface area contributed by atoms with Crippen molar-refractivity contribution in [3.05, 3.63) is 71.9 Å². The van der Waals surface area contributed by atoms with Gasteiger partial charge in [0.2, 0.25) is 5.91 Å². The number of anilines is 2. The quantitative estimate of drug-likeness (QED) is 0.484. The number of amides is 1. The maximum atomic E-state index is 13.1. The number of fused-ring (bicyclic) bond motifs is 1. The van der Waals surface area contributed by atoms with Crippen molar-refractivity contribution in [1.29, 1.82) is 0 Å². The summed E-state index contributed by atoms with van der Waals surface area (Å²) in [5.74, 6) is 1.08. The Bertz CT molecular complexity index is 1330. The molecule has 1 amide bonds. The lowest BCUT2D eigenvalue weighted by Gasteiger charge is -2.16. The Morgan fingerprint density at radius 3 is 2.47 bits per heavy atom. The molecule has 2 aliphatic rings. The van der Waals surface area contributed by atoms with Gasteiger partial charge in [-0.1, -0.05) is 42.5 Å². The summed E-state index contributed by atoms with van der Waals surface area (Å²) in [7, 11) is 1.88. The third-order valence-electron chi connectivity index (χ3n) is 6.80. The smallest absolute Gasteiger partial charge is 0.235 e. The summed E-state index contributed by atoms with van der Waals surface area (Å²) in [6.45, 7) is 0. The molecule has 2 aromatic carbocycles. The summed E-state index contributed by atoms with van der Waals surface area (Å²) in [5, 5.41) is 8.40. The van der Waals surface area contributed by atoms with Crippen molar-refractivity contribution in [2.45, 2.75) is 37.0 Å². The fraction of sp³-hybridized carbons (Fsp3) is 0.269. The number of pyridine rings is 1. The second kappa shape index (κ2) is 6.92. The molecule has 6 heteroatoms. The monoisotopic (exact) mass is 423 g/mol. The highest BCUT2D eigenvalue weighted by Crippen LogP contribution is 2.49. The van der Waals surface area contributed by atoms with Gasteiger partial charge in [0, 0.05) is 24.3 Å². The summed E-state index contributed by atoms with van der Waals surface area (Å²) in [5.41, 5.74) is 11.7. The van der Waals surface area contributed by atoms with Crippen LogP contribution in [-0.4, -0.2) is 20.7 Å². The maximum absolute atomic E-state index is 13.1. The second-order valence-electron chi connectivity index (χ2n) is 9.06. The molecule has 2 fully saturated rings. The predicted octanol–water partition coefficient (Wildman–Crippen LogP) is 4.77. The molecule has 0 spiro atoms. The molecule has 32 heavy (non-hydrogen) atoms. The van der Waals surface area contributed by atoms with E-state index in [0.29, 0.717) is 11.7 Å². The molecule has 3 N–H and O–H groups in total. The Morgan fingerprint density at radius 1 is 1.09 bits per heavy atom. The van der Waals surface area contributed by atoms with Gasteiger partial charge in [-0.2, -0.15) is 5.10 Å². The van der Waals surface area contributed by atoms with Crippen LogP contribution in [-0.2, 0) is 17.3 Å². The number of nitrogens with one attached hydrogen (secondary N) is 1. The number of carbonyl (C=O) groups is 1. The van der Waals surface area contributed by atoms with Crippen LogP contribution in [0.5, 0.6) is 0 Å². The molecule has 0 unspecified atom stereocenters. The molecule has 0 atom stereocenters. The van der Waals surface area contributed by atoms with E-state index in [0.717, 1.165) is 51.9 Å². The van der Waals surface area contributed by atoms with E-state index in [1.54, 1.807) is 4.68 Å². The summed E-state index contributed by atoms with van der Waals surface area (Å²) in [4.78, 5) is 17.9. The average molecular weight is 424 g/mol. The van der Waals surface area contributed by atoms with E-state index in [1.165, 1.54) is 12.8 Å². The Labute approximate surface area is 186 Å². The van der Waals surface area contributed by atoms with Crippen molar-refractivity contribution in [3.8, 4) is 11.1 Å². The van der Waals surface area contributed by atoms with Gasteiger partial charge in [-0.05, 0) is 60.6 Å². The van der Waals surface area contributed by atoms with Crippen molar-refractivity contribution in [1.82, 2.24) is 14.8 Å². The van der Waals surface area contributed by atoms with E-state index in [1.807, 2.05) is 61.6 Å². The topological polar surface area (TPSA) is 85.8 Å². The first kappa shape index (κ1) is 19.0. The SMILES string of the molecule is Cn1nc(N)c2c(-c3ccc(NC(=O)C4(c5ccccc5)CC4)cc3)cc(C3CC3)nc21. The molecule has 0 radical (unpaired) electrons. The van der Waals surface area contributed by atoms with Gasteiger partial charge >= 0.3 is 0 Å². The van der Waals surface area contributed by atoms with Crippen molar-refractivity contribution in [3.63, 3.8) is 0 Å². The van der Waals surface area contributed by atoms with Gasteiger partial charge < -0.3 is 11.1 Å². The maximum Gasteiger partial charge on any atom is 0.235 e. The van der Waals surface area contributed by atoms with Gasteiger partial charge in [0.25, 0.3) is 0 Å². The zero-order valence-corrected chi connectivity index (χ0v) is 18.0. The van der Waals surface area contributed by atoms with E-state index in [-0.39, 0.29) is 11.3 Å². The Morgan fingerprint density at radius 2 is 1.81 bits per heavy atom. The van der Waals surface area contributed by atoms with E-state index >= 15 is 0 Å². The molecule has 0 saturated heterocycles. The highest BCUT2D eigenvalue weighted by atomic mass is 16.2. The van der Waals surface area contributed by atoms with Gasteiger partial charge in [-0.3, -0.25) is 4.79 Å². The van der Waals surface area contributed by atoms with Crippen LogP contribution in [0, 0.1) is 0 Å². The number of hydrogen-bond donors (Lipinski definition) is 2. The first-order chi connectivity index (χ1) is 15.5. The Kier molecular flexibility index (Phi) is 4.12. The first-order valence-electron chi connectivity index (χ1n) is 11.2. The van der Waals surface area contributed by atoms with Gasteiger partial charge in [-0.25, -0.2) is 9.67 Å². The van der Waals surface area contributed by atoms with Crippen LogP contribution in [0.25, 0.3) is 22.2 Å². The van der Waals surface area contributed by atoms with Crippen LogP contribution in [0.4, 0.5) is 11.5 Å². The summed E-state index contributed by atoms with van der Waals surface area (Å²) >= 11 is 0. The van der Waals surface area contributed by atoms with Crippen molar-refractivity contribution in [2.75, 3.05) is 11.1 Å². The average Bonchev–Trinajstić information content (AvgIpc) is 3.73. The molecule has 0 aliphatic heterocycles. The van der Waals surface area contributed by atoms with Crippen LogP contribution < -0.4 is 11.1 Å². The predicted molar refractivity (Wildman–Crippen MR) is 126 cm³/mol. The van der Waals surface area contributed by atoms with Gasteiger partial charge in [-0.15, -0.1) is 0 Å². The highest BCUT2D eigenvalue weighted by molar-refractivity contribution is 6.02. The minimum absolute atomic E-state index is 0.0651. The molecule has 6 nitrogen and oxygen atoms in total. The lowest BCUT2D eigenvalue weighted by Crippen LogP contribution is -2.27. The van der Waals surface area contributed by atoms with Crippen molar-refractivity contribution in [2.24, 2.45) is 7.05 Å². The number of benzene rings is 2. The van der Waals surface area contributed by atoms with Crippen LogP contribution in [0.1, 0.15) is 42.9 Å². The van der Waals surface area contributed by atoms with Gasteiger partial charge in [0.15, 0.2) is 11.5 Å². The van der Waals surface area contributed by atoms with Crippen LogP contribution in [0.3, 0.4) is 0 Å². The number of nitrogens with zero attached hydrogens (tertiary/aromatic N) is 3. The zero-order valence-electron chi connectivity index (χ0n) is 18.0. The molecular weight excluding hydrogens is 398 g/mol. The fourth-order valence-electron chi connectivity index (χ4n) is 4.63. The number of rotatable bonds is 5. The molecule has 160 valence electrons. The molecule has 2 heterocycles. The summed E-state index contributed by atoms with van der Waals surface area (Å²) in [6.07, 6.45) is 4.14. The van der Waals surface area contributed by atoms with Crippen LogP contribution in [0.15, 0.2) is 60.7 Å². The number of aromatic nitrogens is 3. The van der Waals surface area contributed by atoms with Gasteiger partial charge in [0.05, 0.1) is 10.8 Å². The lowest BCUT2D eigenvalue weighted by molar-refractivity contribution is -0.118. The lowest BCUT2D eigenvalue weighted by atomic mass is 9.95. The second-order valence-corrected chi connectivity index (χ2v) is 9.06. The molecule has 2 aliphatic carbocycles. The van der Waals surface area contributed by atoms with E-state index < -0.39 is 0 Å². The largest absolute Gasteiger partial charge is 0.382 e. The van der Waals surface area contributed by atoms with Crippen molar-refractivity contribution < 1.29 is 4.79 Å². The van der Waals surface area contributed by atoms with E-state index in [2.05, 4.69) is 16.5 Å². The fourth-order valence-corrected chi connectivity index (χ4v) is 4.63. The van der Waals surface area contributed by atoms with Gasteiger partial charge in [0.1, 0.15) is 0 Å². The number of hydrogen-bond acceptors (Lipinski definition) is 4.